The molecule has 0 aliphatic heterocycles. The van der Waals surface area contributed by atoms with Gasteiger partial charge in [0.25, 0.3) is 11.8 Å². The summed E-state index contributed by atoms with van der Waals surface area (Å²) in [7, 11) is 0. The van der Waals surface area contributed by atoms with Gasteiger partial charge in [0.1, 0.15) is 11.5 Å². The third kappa shape index (κ3) is 6.55. The van der Waals surface area contributed by atoms with Crippen LogP contribution in [0.4, 0.5) is 11.4 Å². The molecule has 0 atom stereocenters. The molecule has 0 fully saturated rings. The van der Waals surface area contributed by atoms with Crippen molar-refractivity contribution in [2.24, 2.45) is 0 Å². The predicted molar refractivity (Wildman–Crippen MR) is 142 cm³/mol. The van der Waals surface area contributed by atoms with Gasteiger partial charge in [-0.25, -0.2) is 0 Å². The monoisotopic (exact) mass is 492 g/mol. The first-order valence-electron chi connectivity index (χ1n) is 11.5. The molecule has 2 amide bonds. The molecule has 0 saturated carbocycles. The third-order valence-corrected chi connectivity index (χ3v) is 5.57. The number of hydrogen-bond acceptors (Lipinski definition) is 5. The normalized spacial score (nSPS) is 10.3. The summed E-state index contributed by atoms with van der Waals surface area (Å²) in [4.78, 5) is 47.8. The molecule has 7 heteroatoms. The fourth-order valence-corrected chi connectivity index (χ4v) is 3.47. The Balaban J connectivity index is 1.33. The van der Waals surface area contributed by atoms with Crippen LogP contribution in [0.2, 0.25) is 0 Å². The average Bonchev–Trinajstić information content (AvgIpc) is 2.90. The second-order valence-corrected chi connectivity index (χ2v) is 8.33. The summed E-state index contributed by atoms with van der Waals surface area (Å²) < 4.78 is 5.83. The highest BCUT2D eigenvalue weighted by Crippen LogP contribution is 2.23. The number of amides is 2. The standard InChI is InChI=1S/C30H24N2O5/c1-19(33)21-3-11-25(12-4-21)31-29(35)23-7-15-27(16-8-23)37-28-17-9-24(10-18-28)30(36)32-26-13-5-22(6-14-26)20(2)34/h3-18H,1-2H3,(H,31,35)(H,32,36). The van der Waals surface area contributed by atoms with E-state index in [9.17, 15) is 19.2 Å². The number of nitrogens with one attached hydrogen (secondary N) is 2. The lowest BCUT2D eigenvalue weighted by atomic mass is 10.1. The predicted octanol–water partition coefficient (Wildman–Crippen LogP) is 6.39. The van der Waals surface area contributed by atoms with E-state index in [0.717, 1.165) is 0 Å². The van der Waals surface area contributed by atoms with E-state index in [1.807, 2.05) is 0 Å². The Kier molecular flexibility index (Phi) is 7.54. The molecule has 0 bridgehead atoms. The van der Waals surface area contributed by atoms with E-state index in [1.165, 1.54) is 13.8 Å². The van der Waals surface area contributed by atoms with Crippen molar-refractivity contribution in [1.82, 2.24) is 0 Å². The minimum Gasteiger partial charge on any atom is -0.457 e. The molecule has 7 nitrogen and oxygen atoms in total. The van der Waals surface area contributed by atoms with Crippen LogP contribution < -0.4 is 15.4 Å². The molecule has 0 aliphatic carbocycles. The molecule has 37 heavy (non-hydrogen) atoms. The molecule has 0 heterocycles. The molecule has 0 aliphatic rings. The Hall–Kier alpha value is -5.04. The van der Waals surface area contributed by atoms with Crippen molar-refractivity contribution in [3.63, 3.8) is 0 Å². The number of benzene rings is 4. The van der Waals surface area contributed by atoms with Gasteiger partial charge in [0.15, 0.2) is 11.6 Å². The zero-order valence-electron chi connectivity index (χ0n) is 20.3. The summed E-state index contributed by atoms with van der Waals surface area (Å²) in [5.41, 5.74) is 3.24. The fourth-order valence-electron chi connectivity index (χ4n) is 3.47. The van der Waals surface area contributed by atoms with Crippen LogP contribution >= 0.6 is 0 Å². The number of ketones is 2. The summed E-state index contributed by atoms with van der Waals surface area (Å²) in [6.07, 6.45) is 0. The lowest BCUT2D eigenvalue weighted by Gasteiger charge is -2.09. The van der Waals surface area contributed by atoms with Crippen molar-refractivity contribution < 1.29 is 23.9 Å². The highest BCUT2D eigenvalue weighted by molar-refractivity contribution is 6.05. The summed E-state index contributed by atoms with van der Waals surface area (Å²) in [5.74, 6) is 0.421. The van der Waals surface area contributed by atoms with Crippen LogP contribution in [-0.2, 0) is 0 Å². The van der Waals surface area contributed by atoms with Crippen molar-refractivity contribution in [3.05, 3.63) is 119 Å². The van der Waals surface area contributed by atoms with E-state index in [1.54, 1.807) is 97.1 Å². The summed E-state index contributed by atoms with van der Waals surface area (Å²) >= 11 is 0. The first-order chi connectivity index (χ1) is 17.8. The number of hydrogen-bond donors (Lipinski definition) is 2. The van der Waals surface area contributed by atoms with Gasteiger partial charge >= 0.3 is 0 Å². The van der Waals surface area contributed by atoms with Gasteiger partial charge < -0.3 is 15.4 Å². The van der Waals surface area contributed by atoms with Crippen molar-refractivity contribution in [2.45, 2.75) is 13.8 Å². The topological polar surface area (TPSA) is 102 Å². The van der Waals surface area contributed by atoms with Crippen LogP contribution in [0, 0.1) is 0 Å². The quantitative estimate of drug-likeness (QED) is 0.278. The Bertz CT molecular complexity index is 1330. The molecule has 0 spiro atoms. The second-order valence-electron chi connectivity index (χ2n) is 8.33. The first-order valence-corrected chi connectivity index (χ1v) is 11.5. The second kappa shape index (κ2) is 11.1. The molecule has 4 rings (SSSR count). The average molecular weight is 493 g/mol. The molecular formula is C30H24N2O5. The van der Waals surface area contributed by atoms with Crippen molar-refractivity contribution in [3.8, 4) is 11.5 Å². The SMILES string of the molecule is CC(=O)c1ccc(NC(=O)c2ccc(Oc3ccc(C(=O)Nc4ccc(C(C)=O)cc4)cc3)cc2)cc1. The van der Waals surface area contributed by atoms with Gasteiger partial charge in [-0.05, 0) is 111 Å². The molecule has 0 saturated heterocycles. The number of ether oxygens (including phenoxy) is 1. The van der Waals surface area contributed by atoms with Crippen LogP contribution in [-0.4, -0.2) is 23.4 Å². The van der Waals surface area contributed by atoms with E-state index in [-0.39, 0.29) is 23.4 Å². The Morgan fingerprint density at radius 2 is 0.757 bits per heavy atom. The molecule has 0 unspecified atom stereocenters. The van der Waals surface area contributed by atoms with Crippen LogP contribution in [0.3, 0.4) is 0 Å². The Morgan fingerprint density at radius 1 is 0.459 bits per heavy atom. The highest BCUT2D eigenvalue weighted by Gasteiger charge is 2.10. The molecule has 184 valence electrons. The zero-order chi connectivity index (χ0) is 26.4. The van der Waals surface area contributed by atoms with E-state index in [4.69, 9.17) is 4.74 Å². The van der Waals surface area contributed by atoms with E-state index in [0.29, 0.717) is 45.1 Å². The molecule has 4 aromatic carbocycles. The van der Waals surface area contributed by atoms with Crippen molar-refractivity contribution >= 4 is 34.8 Å². The van der Waals surface area contributed by atoms with Gasteiger partial charge in [0.05, 0.1) is 0 Å². The van der Waals surface area contributed by atoms with Gasteiger partial charge in [-0.15, -0.1) is 0 Å². The van der Waals surface area contributed by atoms with Gasteiger partial charge in [-0.3, -0.25) is 19.2 Å². The summed E-state index contributed by atoms with van der Waals surface area (Å²) in [5, 5.41) is 5.58. The molecular weight excluding hydrogens is 468 g/mol. The number of rotatable bonds is 8. The Morgan fingerprint density at radius 3 is 1.05 bits per heavy atom. The molecule has 0 radical (unpaired) electrons. The minimum absolute atomic E-state index is 0.0383. The summed E-state index contributed by atoms with van der Waals surface area (Å²) in [6.45, 7) is 2.98. The van der Waals surface area contributed by atoms with E-state index in [2.05, 4.69) is 10.6 Å². The largest absolute Gasteiger partial charge is 0.457 e. The van der Waals surface area contributed by atoms with Gasteiger partial charge in [0.2, 0.25) is 0 Å². The van der Waals surface area contributed by atoms with Gasteiger partial charge in [-0.2, -0.15) is 0 Å². The maximum atomic E-state index is 12.5. The van der Waals surface area contributed by atoms with Crippen molar-refractivity contribution in [1.29, 1.82) is 0 Å². The van der Waals surface area contributed by atoms with Crippen LogP contribution in [0.5, 0.6) is 11.5 Å². The van der Waals surface area contributed by atoms with Gasteiger partial charge in [-0.1, -0.05) is 0 Å². The zero-order valence-corrected chi connectivity index (χ0v) is 20.3. The number of anilines is 2. The smallest absolute Gasteiger partial charge is 0.255 e. The Labute approximate surface area is 214 Å². The maximum Gasteiger partial charge on any atom is 0.255 e. The van der Waals surface area contributed by atoms with E-state index >= 15 is 0 Å². The summed E-state index contributed by atoms with van der Waals surface area (Å²) in [6, 6.07) is 26.7. The van der Waals surface area contributed by atoms with E-state index < -0.39 is 0 Å². The van der Waals surface area contributed by atoms with Crippen LogP contribution in [0.25, 0.3) is 0 Å². The maximum absolute atomic E-state index is 12.5. The number of carbonyl (C=O) groups excluding carboxylic acids is 4. The first kappa shape index (κ1) is 25.1. The lowest BCUT2D eigenvalue weighted by Crippen LogP contribution is -2.12. The third-order valence-electron chi connectivity index (χ3n) is 5.57. The van der Waals surface area contributed by atoms with Crippen LogP contribution in [0.15, 0.2) is 97.1 Å². The molecule has 0 aromatic heterocycles. The minimum atomic E-state index is -0.284. The van der Waals surface area contributed by atoms with Crippen LogP contribution in [0.1, 0.15) is 55.3 Å². The fraction of sp³-hybridized carbons (Fsp3) is 0.0667. The lowest BCUT2D eigenvalue weighted by molar-refractivity contribution is 0.100. The molecule has 4 aromatic rings. The highest BCUT2D eigenvalue weighted by atomic mass is 16.5. The van der Waals surface area contributed by atoms with Crippen molar-refractivity contribution in [2.75, 3.05) is 10.6 Å². The number of Topliss-reactive ketones (excluding diaryl/α,β-unsaturated/α-hetero) is 2. The van der Waals surface area contributed by atoms with Gasteiger partial charge in [0, 0.05) is 33.6 Å². The number of carbonyl (C=O) groups is 4. The molecule has 2 N–H and O–H groups in total.